The number of amidine groups is 1. The maximum Gasteiger partial charge on any atom is 0.350 e. The van der Waals surface area contributed by atoms with Gasteiger partial charge in [-0.25, -0.2) is 19.2 Å². The Morgan fingerprint density at radius 2 is 1.90 bits per heavy atom. The quantitative estimate of drug-likeness (QED) is 0.0815. The van der Waals surface area contributed by atoms with Crippen molar-refractivity contribution in [3.63, 3.8) is 0 Å². The van der Waals surface area contributed by atoms with Gasteiger partial charge < -0.3 is 25.3 Å². The van der Waals surface area contributed by atoms with Crippen molar-refractivity contribution < 1.29 is 23.4 Å². The van der Waals surface area contributed by atoms with Crippen molar-refractivity contribution in [3.8, 4) is 17.4 Å². The summed E-state index contributed by atoms with van der Waals surface area (Å²) in [6.45, 7) is 3.58. The highest BCUT2D eigenvalue weighted by atomic mass is 19.1. The van der Waals surface area contributed by atoms with E-state index in [9.17, 15) is 9.59 Å². The third kappa shape index (κ3) is 7.23. The van der Waals surface area contributed by atoms with Crippen LogP contribution in [0.3, 0.4) is 0 Å². The van der Waals surface area contributed by atoms with Crippen molar-refractivity contribution in [2.24, 2.45) is 5.73 Å². The molecule has 5 N–H and O–H groups in total. The Bertz CT molecular complexity index is 1560. The molecule has 0 aliphatic heterocycles. The Morgan fingerprint density at radius 1 is 1.17 bits per heavy atom. The number of hydrogen-bond acceptors (Lipinski definition) is 10. The highest BCUT2D eigenvalue weighted by Gasteiger charge is 2.27. The summed E-state index contributed by atoms with van der Waals surface area (Å²) in [5, 5.41) is 15.2. The molecule has 14 heteroatoms. The number of halogens is 1. The molecule has 2 aromatic carbocycles. The third-order valence-electron chi connectivity index (χ3n) is 5.67. The average molecular weight is 565 g/mol. The topological polar surface area (TPSA) is 183 Å². The van der Waals surface area contributed by atoms with Crippen LogP contribution in [-0.2, 0) is 9.53 Å². The monoisotopic (exact) mass is 564 g/mol. The first-order chi connectivity index (χ1) is 19.8. The molecule has 0 aliphatic carbocycles. The van der Waals surface area contributed by atoms with Gasteiger partial charge in [-0.3, -0.25) is 15.2 Å². The number of nitrogens with two attached hydrogens (primary N) is 1. The van der Waals surface area contributed by atoms with Crippen LogP contribution >= 0.6 is 0 Å². The van der Waals surface area contributed by atoms with E-state index in [-0.39, 0.29) is 42.1 Å². The standard InChI is InChI=1S/C27H29FN8O5/c1-3-39-19-14-20(22(28)21(15-19)41-13-5-12-40-16(2)37)23(33-18-8-6-17(7-9-18)24(29)30)25-34-27(38)36(35-25)26-31-10-4-11-32-26/h4,6-11,14-15,23,33H,3,5,12-13H2,1-2H3,(H3,29,30)(H,34,35,38). The number of H-pyrrole nitrogens is 1. The molecular formula is C27H29FN8O5. The number of carbonyl (C=O) groups is 1. The molecule has 214 valence electrons. The molecule has 13 nitrogen and oxygen atoms in total. The van der Waals surface area contributed by atoms with E-state index in [1.807, 2.05) is 0 Å². The SMILES string of the molecule is CCOc1cc(OCCCOC(C)=O)c(F)c(C(Nc2ccc(C(=N)N)cc2)c2nn(-c3ncccn3)c(=O)[nH]2)c1. The van der Waals surface area contributed by atoms with Crippen LogP contribution in [0.25, 0.3) is 5.95 Å². The molecule has 1 atom stereocenters. The van der Waals surface area contributed by atoms with E-state index in [4.69, 9.17) is 25.4 Å². The van der Waals surface area contributed by atoms with Crippen LogP contribution < -0.4 is 26.2 Å². The van der Waals surface area contributed by atoms with E-state index in [1.165, 1.54) is 31.5 Å². The Balaban J connectivity index is 1.76. The van der Waals surface area contributed by atoms with Gasteiger partial charge in [-0.15, -0.1) is 9.78 Å². The summed E-state index contributed by atoms with van der Waals surface area (Å²) in [6.07, 6.45) is 3.27. The van der Waals surface area contributed by atoms with Gasteiger partial charge in [0.05, 0.1) is 19.8 Å². The van der Waals surface area contributed by atoms with Crippen LogP contribution in [0.1, 0.15) is 43.3 Å². The molecule has 2 aromatic heterocycles. The largest absolute Gasteiger partial charge is 0.494 e. The molecule has 0 amide bonds. The number of nitrogen functional groups attached to an aromatic ring is 1. The normalized spacial score (nSPS) is 11.5. The molecule has 0 aliphatic rings. The molecule has 0 saturated heterocycles. The zero-order valence-electron chi connectivity index (χ0n) is 22.4. The lowest BCUT2D eigenvalue weighted by molar-refractivity contribution is -0.141. The molecule has 1 unspecified atom stereocenters. The number of carbonyl (C=O) groups excluding carboxylic acids is 1. The van der Waals surface area contributed by atoms with Gasteiger partial charge in [0.2, 0.25) is 0 Å². The van der Waals surface area contributed by atoms with Crippen molar-refractivity contribution >= 4 is 17.5 Å². The lowest BCUT2D eigenvalue weighted by Gasteiger charge is -2.21. The molecule has 0 bridgehead atoms. The number of nitrogens with one attached hydrogen (secondary N) is 3. The van der Waals surface area contributed by atoms with E-state index in [1.54, 1.807) is 37.3 Å². The van der Waals surface area contributed by atoms with Crippen LogP contribution in [0, 0.1) is 11.2 Å². The summed E-state index contributed by atoms with van der Waals surface area (Å²) in [6, 6.07) is 10.1. The van der Waals surface area contributed by atoms with Crippen molar-refractivity contribution in [1.82, 2.24) is 24.7 Å². The van der Waals surface area contributed by atoms with E-state index >= 15 is 4.39 Å². The van der Waals surface area contributed by atoms with Gasteiger partial charge in [0, 0.05) is 48.6 Å². The van der Waals surface area contributed by atoms with Gasteiger partial charge in [0.1, 0.15) is 17.6 Å². The van der Waals surface area contributed by atoms with Crippen molar-refractivity contribution in [1.29, 1.82) is 5.41 Å². The number of nitrogens with zero attached hydrogens (tertiary/aromatic N) is 4. The first-order valence-electron chi connectivity index (χ1n) is 12.7. The van der Waals surface area contributed by atoms with Crippen LogP contribution in [-0.4, -0.2) is 56.4 Å². The Hall–Kier alpha value is -5.27. The van der Waals surface area contributed by atoms with Crippen LogP contribution in [0.4, 0.5) is 10.1 Å². The fraction of sp³-hybridized carbons (Fsp3) is 0.259. The summed E-state index contributed by atoms with van der Waals surface area (Å²) < 4.78 is 33.3. The number of esters is 1. The molecule has 4 aromatic rings. The number of benzene rings is 2. The minimum absolute atomic E-state index is 0.0323. The predicted molar refractivity (Wildman–Crippen MR) is 147 cm³/mol. The average Bonchev–Trinajstić information content (AvgIpc) is 3.35. The zero-order valence-corrected chi connectivity index (χ0v) is 22.4. The van der Waals surface area contributed by atoms with Gasteiger partial charge in [0.15, 0.2) is 17.4 Å². The number of ether oxygens (including phenoxy) is 3. The minimum Gasteiger partial charge on any atom is -0.494 e. The van der Waals surface area contributed by atoms with E-state index in [0.29, 0.717) is 30.0 Å². The second kappa shape index (κ2) is 13.2. The molecule has 0 fully saturated rings. The van der Waals surface area contributed by atoms with Crippen molar-refractivity contribution in [3.05, 3.63) is 88.1 Å². The van der Waals surface area contributed by atoms with Gasteiger partial charge in [-0.1, -0.05) is 0 Å². The molecule has 4 rings (SSSR count). The second-order valence-corrected chi connectivity index (χ2v) is 8.64. The minimum atomic E-state index is -1.04. The molecule has 41 heavy (non-hydrogen) atoms. The molecule has 2 heterocycles. The van der Waals surface area contributed by atoms with Crippen molar-refractivity contribution in [2.45, 2.75) is 26.3 Å². The number of anilines is 1. The Kier molecular flexibility index (Phi) is 9.24. The molecule has 0 saturated carbocycles. The van der Waals surface area contributed by atoms with E-state index < -0.39 is 23.5 Å². The summed E-state index contributed by atoms with van der Waals surface area (Å²) in [5.74, 6) is -0.922. The Morgan fingerprint density at radius 3 is 2.56 bits per heavy atom. The molecular weight excluding hydrogens is 535 g/mol. The summed E-state index contributed by atoms with van der Waals surface area (Å²) >= 11 is 0. The number of aromatic nitrogens is 5. The predicted octanol–water partition coefficient (Wildman–Crippen LogP) is 2.71. The number of aromatic amines is 1. The first-order valence-corrected chi connectivity index (χ1v) is 12.7. The maximum atomic E-state index is 16.1. The zero-order chi connectivity index (χ0) is 29.4. The van der Waals surface area contributed by atoms with Crippen LogP contribution in [0.2, 0.25) is 0 Å². The Labute approximate surface area is 234 Å². The summed E-state index contributed by atoms with van der Waals surface area (Å²) in [7, 11) is 0. The fourth-order valence-corrected chi connectivity index (χ4v) is 3.83. The highest BCUT2D eigenvalue weighted by molar-refractivity contribution is 5.95. The van der Waals surface area contributed by atoms with Gasteiger partial charge in [-0.2, -0.15) is 0 Å². The van der Waals surface area contributed by atoms with E-state index in [2.05, 4.69) is 25.4 Å². The number of rotatable bonds is 13. The molecule has 0 radical (unpaired) electrons. The first kappa shape index (κ1) is 28.7. The smallest absolute Gasteiger partial charge is 0.350 e. The van der Waals surface area contributed by atoms with Crippen molar-refractivity contribution in [2.75, 3.05) is 25.1 Å². The molecule has 0 spiro atoms. The maximum absolute atomic E-state index is 16.1. The lowest BCUT2D eigenvalue weighted by Crippen LogP contribution is -2.18. The fourth-order valence-electron chi connectivity index (χ4n) is 3.83. The lowest BCUT2D eigenvalue weighted by atomic mass is 10.0. The summed E-state index contributed by atoms with van der Waals surface area (Å²) in [4.78, 5) is 34.7. The van der Waals surface area contributed by atoms with Crippen LogP contribution in [0.15, 0.2) is 59.7 Å². The highest BCUT2D eigenvalue weighted by Crippen LogP contribution is 2.35. The van der Waals surface area contributed by atoms with Gasteiger partial charge >= 0.3 is 11.7 Å². The third-order valence-corrected chi connectivity index (χ3v) is 5.67. The van der Waals surface area contributed by atoms with Crippen LogP contribution in [0.5, 0.6) is 11.5 Å². The van der Waals surface area contributed by atoms with E-state index in [0.717, 1.165) is 4.68 Å². The summed E-state index contributed by atoms with van der Waals surface area (Å²) in [5.41, 5.74) is 6.03. The second-order valence-electron chi connectivity index (χ2n) is 8.64. The van der Waals surface area contributed by atoms with Gasteiger partial charge in [-0.05, 0) is 43.3 Å². The van der Waals surface area contributed by atoms with Gasteiger partial charge in [0.25, 0.3) is 5.95 Å². The number of hydrogen-bond donors (Lipinski definition) is 4.